The van der Waals surface area contributed by atoms with Crippen molar-refractivity contribution in [3.63, 3.8) is 0 Å². The minimum absolute atomic E-state index is 0.248. The van der Waals surface area contributed by atoms with E-state index in [1.807, 2.05) is 0 Å². The SMILES string of the molecule is FC(F)(F)Cn1ccnc1CN1CCCC1Cn1cncn1. The normalized spacial score (nSPS) is 19.9. The number of aromatic nitrogens is 5. The molecular formula is C13H17F3N6. The molecule has 3 rings (SSSR count). The van der Waals surface area contributed by atoms with E-state index in [2.05, 4.69) is 20.0 Å². The number of likely N-dealkylation sites (tertiary alicyclic amines) is 1. The summed E-state index contributed by atoms with van der Waals surface area (Å²) in [5, 5.41) is 4.09. The van der Waals surface area contributed by atoms with Crippen LogP contribution in [0.2, 0.25) is 0 Å². The van der Waals surface area contributed by atoms with Crippen LogP contribution in [0.25, 0.3) is 0 Å². The summed E-state index contributed by atoms with van der Waals surface area (Å²) >= 11 is 0. The van der Waals surface area contributed by atoms with Crippen LogP contribution in [-0.2, 0) is 19.6 Å². The first-order valence-electron chi connectivity index (χ1n) is 7.14. The van der Waals surface area contributed by atoms with E-state index in [4.69, 9.17) is 0 Å². The van der Waals surface area contributed by atoms with Gasteiger partial charge < -0.3 is 4.57 Å². The third-order valence-electron chi connectivity index (χ3n) is 3.86. The van der Waals surface area contributed by atoms with E-state index in [0.717, 1.165) is 19.4 Å². The van der Waals surface area contributed by atoms with Gasteiger partial charge in [-0.05, 0) is 19.4 Å². The molecule has 1 fully saturated rings. The number of rotatable bonds is 5. The maximum Gasteiger partial charge on any atom is 0.406 e. The van der Waals surface area contributed by atoms with Gasteiger partial charge in [0.25, 0.3) is 0 Å². The number of hydrogen-bond acceptors (Lipinski definition) is 4. The lowest BCUT2D eigenvalue weighted by molar-refractivity contribution is -0.141. The van der Waals surface area contributed by atoms with E-state index in [1.54, 1.807) is 11.0 Å². The number of nitrogens with zero attached hydrogens (tertiary/aromatic N) is 6. The van der Waals surface area contributed by atoms with Crippen LogP contribution in [0.3, 0.4) is 0 Å². The van der Waals surface area contributed by atoms with Gasteiger partial charge in [-0.25, -0.2) is 9.97 Å². The Morgan fingerprint density at radius 3 is 2.91 bits per heavy atom. The number of alkyl halides is 3. The van der Waals surface area contributed by atoms with E-state index in [1.165, 1.54) is 23.3 Å². The molecule has 3 heterocycles. The Kier molecular flexibility index (Phi) is 4.14. The predicted octanol–water partition coefficient (Wildman–Crippen LogP) is 1.70. The maximum absolute atomic E-state index is 12.6. The Bertz CT molecular complexity index is 591. The van der Waals surface area contributed by atoms with Crippen molar-refractivity contribution in [2.45, 2.75) is 44.7 Å². The molecule has 6 nitrogen and oxygen atoms in total. The Labute approximate surface area is 125 Å². The second-order valence-electron chi connectivity index (χ2n) is 5.47. The molecule has 0 aromatic carbocycles. The summed E-state index contributed by atoms with van der Waals surface area (Å²) in [5.41, 5.74) is 0. The first kappa shape index (κ1) is 15.0. The van der Waals surface area contributed by atoms with Crippen LogP contribution >= 0.6 is 0 Å². The van der Waals surface area contributed by atoms with E-state index in [0.29, 0.717) is 18.9 Å². The quantitative estimate of drug-likeness (QED) is 0.843. The maximum atomic E-state index is 12.6. The van der Waals surface area contributed by atoms with Crippen molar-refractivity contribution in [2.24, 2.45) is 0 Å². The fourth-order valence-corrected chi connectivity index (χ4v) is 2.86. The summed E-state index contributed by atoms with van der Waals surface area (Å²) in [6, 6.07) is 0.248. The minimum Gasteiger partial charge on any atom is -0.325 e. The van der Waals surface area contributed by atoms with Crippen LogP contribution in [0.4, 0.5) is 13.2 Å². The van der Waals surface area contributed by atoms with Gasteiger partial charge in [0.1, 0.15) is 25.0 Å². The van der Waals surface area contributed by atoms with E-state index in [-0.39, 0.29) is 6.04 Å². The third kappa shape index (κ3) is 3.65. The molecule has 0 radical (unpaired) electrons. The molecule has 0 N–H and O–H groups in total. The molecule has 22 heavy (non-hydrogen) atoms. The molecule has 0 saturated carbocycles. The second kappa shape index (κ2) is 6.07. The van der Waals surface area contributed by atoms with Crippen LogP contribution in [0.5, 0.6) is 0 Å². The fraction of sp³-hybridized carbons (Fsp3) is 0.615. The Morgan fingerprint density at radius 1 is 1.32 bits per heavy atom. The van der Waals surface area contributed by atoms with Gasteiger partial charge in [0.05, 0.1) is 13.1 Å². The summed E-state index contributed by atoms with van der Waals surface area (Å²) in [5.74, 6) is 0.447. The van der Waals surface area contributed by atoms with Crippen LogP contribution in [0, 0.1) is 0 Å². The molecule has 1 unspecified atom stereocenters. The average Bonchev–Trinajstić information content (AvgIpc) is 3.14. The first-order chi connectivity index (χ1) is 10.5. The van der Waals surface area contributed by atoms with Gasteiger partial charge in [0.2, 0.25) is 0 Å². The monoisotopic (exact) mass is 314 g/mol. The van der Waals surface area contributed by atoms with E-state index >= 15 is 0 Å². The molecule has 2 aromatic heterocycles. The van der Waals surface area contributed by atoms with Crippen LogP contribution in [0.1, 0.15) is 18.7 Å². The van der Waals surface area contributed by atoms with Crippen molar-refractivity contribution in [1.29, 1.82) is 0 Å². The number of hydrogen-bond donors (Lipinski definition) is 0. The summed E-state index contributed by atoms with van der Waals surface area (Å²) < 4.78 is 40.6. The Hall–Kier alpha value is -1.90. The molecule has 2 aromatic rings. The van der Waals surface area contributed by atoms with Crippen molar-refractivity contribution in [3.05, 3.63) is 30.9 Å². The molecular weight excluding hydrogens is 297 g/mol. The first-order valence-corrected chi connectivity index (χ1v) is 7.14. The highest BCUT2D eigenvalue weighted by Gasteiger charge is 2.30. The second-order valence-corrected chi connectivity index (χ2v) is 5.47. The molecule has 0 aliphatic carbocycles. The molecule has 0 spiro atoms. The van der Waals surface area contributed by atoms with Crippen molar-refractivity contribution in [1.82, 2.24) is 29.2 Å². The Morgan fingerprint density at radius 2 is 2.18 bits per heavy atom. The summed E-state index contributed by atoms with van der Waals surface area (Å²) in [6.45, 7) is 0.977. The zero-order chi connectivity index (χ0) is 15.6. The van der Waals surface area contributed by atoms with Crippen LogP contribution < -0.4 is 0 Å². The number of halogens is 3. The molecule has 0 amide bonds. The molecule has 0 bridgehead atoms. The van der Waals surface area contributed by atoms with E-state index in [9.17, 15) is 13.2 Å². The lowest BCUT2D eigenvalue weighted by Gasteiger charge is -2.24. The fourth-order valence-electron chi connectivity index (χ4n) is 2.86. The van der Waals surface area contributed by atoms with Gasteiger partial charge in [-0.2, -0.15) is 18.3 Å². The zero-order valence-electron chi connectivity index (χ0n) is 11.9. The van der Waals surface area contributed by atoms with Crippen molar-refractivity contribution >= 4 is 0 Å². The zero-order valence-corrected chi connectivity index (χ0v) is 11.9. The summed E-state index contributed by atoms with van der Waals surface area (Å²) in [7, 11) is 0. The lowest BCUT2D eigenvalue weighted by Crippen LogP contribution is -2.34. The summed E-state index contributed by atoms with van der Waals surface area (Å²) in [6.07, 6.45) is 3.73. The summed E-state index contributed by atoms with van der Waals surface area (Å²) in [4.78, 5) is 10.2. The van der Waals surface area contributed by atoms with Gasteiger partial charge in [0.15, 0.2) is 0 Å². The highest BCUT2D eigenvalue weighted by molar-refractivity contribution is 4.95. The lowest BCUT2D eigenvalue weighted by atomic mass is 10.2. The van der Waals surface area contributed by atoms with Crippen molar-refractivity contribution in [3.8, 4) is 0 Å². The average molecular weight is 314 g/mol. The third-order valence-corrected chi connectivity index (χ3v) is 3.86. The van der Waals surface area contributed by atoms with Gasteiger partial charge in [-0.1, -0.05) is 0 Å². The highest BCUT2D eigenvalue weighted by Crippen LogP contribution is 2.23. The van der Waals surface area contributed by atoms with Crippen molar-refractivity contribution in [2.75, 3.05) is 6.54 Å². The molecule has 120 valence electrons. The molecule has 1 saturated heterocycles. The molecule has 1 aliphatic heterocycles. The van der Waals surface area contributed by atoms with Gasteiger partial charge in [-0.3, -0.25) is 9.58 Å². The Balaban J connectivity index is 1.66. The van der Waals surface area contributed by atoms with Gasteiger partial charge >= 0.3 is 6.18 Å². The van der Waals surface area contributed by atoms with Crippen LogP contribution in [0.15, 0.2) is 25.0 Å². The molecule has 9 heteroatoms. The predicted molar refractivity (Wildman–Crippen MR) is 71.7 cm³/mol. The standard InChI is InChI=1S/C13H17F3N6/c14-13(15,16)8-21-5-3-18-12(21)7-20-4-1-2-11(20)6-22-10-17-9-19-22/h3,5,9-11H,1-2,4,6-8H2. The number of imidazole rings is 1. The smallest absolute Gasteiger partial charge is 0.325 e. The largest absolute Gasteiger partial charge is 0.406 e. The minimum atomic E-state index is -4.24. The van der Waals surface area contributed by atoms with Gasteiger partial charge in [-0.15, -0.1) is 0 Å². The van der Waals surface area contributed by atoms with Crippen LogP contribution in [-0.4, -0.2) is 48.0 Å². The molecule has 1 aliphatic rings. The highest BCUT2D eigenvalue weighted by atomic mass is 19.4. The molecule has 1 atom stereocenters. The van der Waals surface area contributed by atoms with Gasteiger partial charge in [0, 0.05) is 18.4 Å². The van der Waals surface area contributed by atoms with E-state index < -0.39 is 12.7 Å². The van der Waals surface area contributed by atoms with Crippen molar-refractivity contribution < 1.29 is 13.2 Å². The topological polar surface area (TPSA) is 51.8 Å².